The van der Waals surface area contributed by atoms with Gasteiger partial charge in [-0.2, -0.15) is 0 Å². The van der Waals surface area contributed by atoms with E-state index in [1.165, 1.54) is 25.3 Å². The smallest absolute Gasteiger partial charge is 0.311 e. The van der Waals surface area contributed by atoms with Crippen molar-refractivity contribution in [1.82, 2.24) is 5.32 Å². The number of thioether (sulfide) groups is 1. The van der Waals surface area contributed by atoms with Gasteiger partial charge in [0.25, 0.3) is 5.91 Å². The number of benzene rings is 1. The number of carbonyl (C=O) groups excluding carboxylic acids is 1. The van der Waals surface area contributed by atoms with Gasteiger partial charge < -0.3 is 10.1 Å². The summed E-state index contributed by atoms with van der Waals surface area (Å²) in [6, 6.07) is 4.50. The second-order valence-electron chi connectivity index (χ2n) is 3.51. The number of thiocarbonyl (C=S) groups is 1. The maximum absolute atomic E-state index is 11.5. The Morgan fingerprint density at radius 2 is 2.26 bits per heavy atom. The average Bonchev–Trinajstić information content (AvgIpc) is 2.67. The molecule has 0 radical (unpaired) electrons. The molecule has 1 aromatic rings. The molecule has 8 heteroatoms. The number of carbonyl (C=O) groups is 1. The van der Waals surface area contributed by atoms with Crippen LogP contribution in [0, 0.1) is 10.1 Å². The molecule has 0 aromatic heterocycles. The molecule has 0 spiro atoms. The molecular weight excluding hydrogens is 288 g/mol. The molecule has 6 nitrogen and oxygen atoms in total. The summed E-state index contributed by atoms with van der Waals surface area (Å²) in [5.41, 5.74) is 0.307. The predicted molar refractivity (Wildman–Crippen MR) is 76.0 cm³/mol. The van der Waals surface area contributed by atoms with Gasteiger partial charge >= 0.3 is 5.69 Å². The van der Waals surface area contributed by atoms with Gasteiger partial charge in [-0.25, -0.2) is 0 Å². The second kappa shape index (κ2) is 5.37. The minimum absolute atomic E-state index is 0.117. The van der Waals surface area contributed by atoms with E-state index in [1.54, 1.807) is 6.07 Å². The number of nitro groups is 1. The van der Waals surface area contributed by atoms with Crippen molar-refractivity contribution in [1.29, 1.82) is 0 Å². The summed E-state index contributed by atoms with van der Waals surface area (Å²) in [4.78, 5) is 22.3. The number of rotatable bonds is 3. The van der Waals surface area contributed by atoms with Crippen LogP contribution in [0.3, 0.4) is 0 Å². The van der Waals surface area contributed by atoms with Crippen LogP contribution in [0.5, 0.6) is 5.75 Å². The molecule has 0 saturated carbocycles. The standard InChI is InChI=1S/C11H8N2O4S2/c1-17-9-6(3-2-4-7(9)13(15)16)5-8-10(14)12-11(18)19-8/h2-5H,1H3,(H,12,14,18)/b8-5+. The van der Waals surface area contributed by atoms with Gasteiger partial charge in [-0.3, -0.25) is 14.9 Å². The third-order valence-corrected chi connectivity index (χ3v) is 3.52. The van der Waals surface area contributed by atoms with E-state index < -0.39 is 4.92 Å². The molecule has 1 heterocycles. The summed E-state index contributed by atoms with van der Waals surface area (Å²) in [6.45, 7) is 0. The van der Waals surface area contributed by atoms with Crippen LogP contribution in [0.1, 0.15) is 5.56 Å². The summed E-state index contributed by atoms with van der Waals surface area (Å²) in [7, 11) is 1.34. The molecule has 1 N–H and O–H groups in total. The van der Waals surface area contributed by atoms with Crippen LogP contribution in [0.2, 0.25) is 0 Å². The van der Waals surface area contributed by atoms with Gasteiger partial charge in [0.15, 0.2) is 0 Å². The Morgan fingerprint density at radius 1 is 1.53 bits per heavy atom. The van der Waals surface area contributed by atoms with Crippen LogP contribution in [0.25, 0.3) is 6.08 Å². The molecule has 98 valence electrons. The van der Waals surface area contributed by atoms with Gasteiger partial charge in [0, 0.05) is 11.6 Å². The van der Waals surface area contributed by atoms with Crippen molar-refractivity contribution in [3.63, 3.8) is 0 Å². The summed E-state index contributed by atoms with van der Waals surface area (Å²) in [5, 5.41) is 13.4. The minimum atomic E-state index is -0.534. The second-order valence-corrected chi connectivity index (χ2v) is 5.23. The zero-order chi connectivity index (χ0) is 14.0. The van der Waals surface area contributed by atoms with E-state index in [0.717, 1.165) is 11.8 Å². The Balaban J connectivity index is 2.49. The first kappa shape index (κ1) is 13.5. The zero-order valence-corrected chi connectivity index (χ0v) is 11.3. The molecule has 1 aliphatic rings. The van der Waals surface area contributed by atoms with Gasteiger partial charge in [0.2, 0.25) is 5.75 Å². The largest absolute Gasteiger partial charge is 0.490 e. The molecule has 0 unspecified atom stereocenters. The number of hydrogen-bond donors (Lipinski definition) is 1. The van der Waals surface area contributed by atoms with Gasteiger partial charge in [-0.05, 0) is 6.08 Å². The SMILES string of the molecule is COc1c(/C=C2/SC(=S)NC2=O)cccc1[N+](=O)[O-]. The Hall–Kier alpha value is -1.93. The van der Waals surface area contributed by atoms with Crippen molar-refractivity contribution in [2.45, 2.75) is 0 Å². The summed E-state index contributed by atoms with van der Waals surface area (Å²) >= 11 is 5.98. The number of ether oxygens (including phenoxy) is 1. The van der Waals surface area contributed by atoms with Crippen LogP contribution >= 0.6 is 24.0 Å². The molecular formula is C11H8N2O4S2. The summed E-state index contributed by atoms with van der Waals surface area (Å²) in [5.74, 6) is -0.199. The maximum atomic E-state index is 11.5. The fraction of sp³-hybridized carbons (Fsp3) is 0.0909. The van der Waals surface area contributed by atoms with E-state index in [-0.39, 0.29) is 17.3 Å². The van der Waals surface area contributed by atoms with E-state index >= 15 is 0 Å². The predicted octanol–water partition coefficient (Wildman–Crippen LogP) is 2.09. The number of methoxy groups -OCH3 is 1. The molecule has 1 amide bonds. The number of para-hydroxylation sites is 1. The lowest BCUT2D eigenvalue weighted by Crippen LogP contribution is -2.17. The summed E-state index contributed by atoms with van der Waals surface area (Å²) < 4.78 is 5.41. The van der Waals surface area contributed by atoms with Crippen LogP contribution in [-0.2, 0) is 4.79 Å². The number of hydrogen-bond acceptors (Lipinski definition) is 6. The quantitative estimate of drug-likeness (QED) is 0.398. The lowest BCUT2D eigenvalue weighted by atomic mass is 10.1. The van der Waals surface area contributed by atoms with Gasteiger partial charge in [-0.1, -0.05) is 36.1 Å². The Kier molecular flexibility index (Phi) is 3.82. The van der Waals surface area contributed by atoms with E-state index in [1.807, 2.05) is 0 Å². The average molecular weight is 296 g/mol. The molecule has 0 bridgehead atoms. The number of nitrogens with one attached hydrogen (secondary N) is 1. The van der Waals surface area contributed by atoms with Crippen LogP contribution in [0.15, 0.2) is 23.1 Å². The molecule has 0 aliphatic carbocycles. The Labute approximate surface area is 118 Å². The molecule has 19 heavy (non-hydrogen) atoms. The molecule has 0 atom stereocenters. The van der Waals surface area contributed by atoms with Crippen LogP contribution < -0.4 is 10.1 Å². The van der Waals surface area contributed by atoms with E-state index in [0.29, 0.717) is 14.8 Å². The number of amides is 1. The number of nitrogens with zero attached hydrogens (tertiary/aromatic N) is 1. The van der Waals surface area contributed by atoms with Crippen molar-refractivity contribution in [2.24, 2.45) is 0 Å². The fourth-order valence-corrected chi connectivity index (χ4v) is 2.62. The summed E-state index contributed by atoms with van der Waals surface area (Å²) in [6.07, 6.45) is 1.52. The lowest BCUT2D eigenvalue weighted by molar-refractivity contribution is -0.385. The van der Waals surface area contributed by atoms with Gasteiger partial charge in [0.1, 0.15) is 4.32 Å². The molecule has 1 aliphatic heterocycles. The Morgan fingerprint density at radius 3 is 2.79 bits per heavy atom. The van der Waals surface area contributed by atoms with Crippen molar-refractivity contribution in [2.75, 3.05) is 7.11 Å². The fourth-order valence-electron chi connectivity index (χ4n) is 1.58. The van der Waals surface area contributed by atoms with Crippen molar-refractivity contribution < 1.29 is 14.5 Å². The highest BCUT2D eigenvalue weighted by molar-refractivity contribution is 8.26. The van der Waals surface area contributed by atoms with Crippen molar-refractivity contribution in [3.05, 3.63) is 38.8 Å². The zero-order valence-electron chi connectivity index (χ0n) is 9.71. The normalized spacial score (nSPS) is 16.6. The molecule has 2 rings (SSSR count). The molecule has 1 aromatic carbocycles. The monoisotopic (exact) mass is 296 g/mol. The van der Waals surface area contributed by atoms with Gasteiger partial charge in [-0.15, -0.1) is 0 Å². The van der Waals surface area contributed by atoms with E-state index in [4.69, 9.17) is 17.0 Å². The highest BCUT2D eigenvalue weighted by Crippen LogP contribution is 2.34. The Bertz CT molecular complexity index is 613. The van der Waals surface area contributed by atoms with E-state index in [9.17, 15) is 14.9 Å². The highest BCUT2D eigenvalue weighted by atomic mass is 32.2. The molecule has 1 fully saturated rings. The minimum Gasteiger partial charge on any atom is -0.490 e. The highest BCUT2D eigenvalue weighted by Gasteiger charge is 2.24. The van der Waals surface area contributed by atoms with E-state index in [2.05, 4.69) is 5.32 Å². The van der Waals surface area contributed by atoms with Crippen LogP contribution in [0.4, 0.5) is 5.69 Å². The number of nitro benzene ring substituents is 1. The lowest BCUT2D eigenvalue weighted by Gasteiger charge is -2.05. The van der Waals surface area contributed by atoms with Crippen LogP contribution in [-0.4, -0.2) is 22.3 Å². The topological polar surface area (TPSA) is 81.5 Å². The first-order valence-corrected chi connectivity index (χ1v) is 6.31. The van der Waals surface area contributed by atoms with Crippen molar-refractivity contribution in [3.8, 4) is 5.75 Å². The first-order valence-electron chi connectivity index (χ1n) is 5.09. The molecule has 1 saturated heterocycles. The first-order chi connectivity index (χ1) is 9.02. The van der Waals surface area contributed by atoms with Gasteiger partial charge in [0.05, 0.1) is 16.9 Å². The third kappa shape index (κ3) is 2.74. The maximum Gasteiger partial charge on any atom is 0.311 e. The van der Waals surface area contributed by atoms with Crippen molar-refractivity contribution >= 4 is 46.0 Å². The third-order valence-electron chi connectivity index (χ3n) is 2.35.